The summed E-state index contributed by atoms with van der Waals surface area (Å²) < 4.78 is 162. The fraction of sp³-hybridized carbons (Fsp3) is 0.737. The number of anilines is 2. The number of methoxy groups -OCH3 is 2. The molecule has 139 heavy (non-hydrogen) atoms. The first-order valence-corrected chi connectivity index (χ1v) is 48.2. The summed E-state index contributed by atoms with van der Waals surface area (Å²) in [4.78, 5) is 97.4. The van der Waals surface area contributed by atoms with Crippen LogP contribution in [0.3, 0.4) is 0 Å². The predicted octanol–water partition coefficient (Wildman–Crippen LogP) is 3.99. The van der Waals surface area contributed by atoms with Gasteiger partial charge in [-0.15, -0.1) is 0 Å². The molecule has 792 valence electrons. The van der Waals surface area contributed by atoms with Crippen molar-refractivity contribution >= 4 is 63.1 Å². The van der Waals surface area contributed by atoms with Gasteiger partial charge in [-0.25, -0.2) is 9.78 Å². The number of amides is 3. The van der Waals surface area contributed by atoms with E-state index in [4.69, 9.17) is 143 Å². The van der Waals surface area contributed by atoms with E-state index in [-0.39, 0.29) is 139 Å². The second-order valence-electron chi connectivity index (χ2n) is 30.7. The standard InChI is InChI=1S/C95H157N9O35/c1-5-104(6-2)82-15-14-81-72-85(93(110)139-86(81)73-82)91(109)103-95(76-136-26-19-87(107)97-21-28-115-36-40-121-44-42-117-32-30-111-3,77-137-27-20-88(108)98-22-29-116-37-41-122-48-51-126-56-59-130-61-60-127-53-52-123-45-43-118-33-31-112-4)75-135-25-18-83(105)8-7-23-113-34-38-119-46-49-124-54-57-128-62-64-131-66-68-133-70-71-134-69-67-132-65-63-129-58-55-125-50-47-120-39-35-114-24-17-84(106)16-13-79-9-11-80(12-10-79)74-138-92-89-90(100-78-99-89)101-94(96)102-92/h9-12,14-15,72-73,78H,5-8,13,16-71,74-77H2,1-4H3,(H,97,107)(H,98,108)(H,103,109)(H3,96,99,100,101,102). The molecule has 0 saturated heterocycles. The van der Waals surface area contributed by atoms with Gasteiger partial charge in [-0.05, 0) is 56.0 Å². The molecule has 0 saturated carbocycles. The Labute approximate surface area is 816 Å². The number of ether oxygens (including phenoxy) is 28. The summed E-state index contributed by atoms with van der Waals surface area (Å²) in [5.41, 5.74) is 7.17. The van der Waals surface area contributed by atoms with Crippen LogP contribution in [0.5, 0.6) is 5.88 Å². The van der Waals surface area contributed by atoms with E-state index < -0.39 is 17.1 Å². The molecule has 44 nitrogen and oxygen atoms in total. The highest BCUT2D eigenvalue weighted by atomic mass is 16.6. The molecule has 6 N–H and O–H groups in total. The number of nitrogens with one attached hydrogen (secondary N) is 4. The maximum absolute atomic E-state index is 14.5. The highest BCUT2D eigenvalue weighted by Gasteiger charge is 2.36. The van der Waals surface area contributed by atoms with E-state index >= 15 is 0 Å². The summed E-state index contributed by atoms with van der Waals surface area (Å²) >= 11 is 0. The maximum atomic E-state index is 14.5. The van der Waals surface area contributed by atoms with Crippen LogP contribution in [0, 0.1) is 0 Å². The molecule has 5 aromatic rings. The number of H-pyrrole nitrogens is 1. The first-order chi connectivity index (χ1) is 68.3. The normalized spacial score (nSPS) is 12.1. The first kappa shape index (κ1) is 122. The summed E-state index contributed by atoms with van der Waals surface area (Å²) in [7, 11) is 3.23. The number of aromatic nitrogens is 4. The van der Waals surface area contributed by atoms with E-state index in [1.165, 1.54) is 12.4 Å². The molecule has 1 unspecified atom stereocenters. The molecule has 0 aliphatic carbocycles. The summed E-state index contributed by atoms with van der Waals surface area (Å²) in [5, 5.41) is 9.04. The van der Waals surface area contributed by atoms with Crippen molar-refractivity contribution in [2.24, 2.45) is 0 Å². The number of fused-ring (bicyclic) bond motifs is 2. The minimum absolute atomic E-state index is 0.0211. The fourth-order valence-corrected chi connectivity index (χ4v) is 12.3. The van der Waals surface area contributed by atoms with E-state index in [9.17, 15) is 28.8 Å². The SMILES string of the molecule is CCN(CC)c1ccc2cc(C(=O)NC(COCCC(=O)CCCOCCOCCOCCOCCOCCOCCOCCOCCOCCOCCOCCOCCC(=O)CCc3ccc(COc4nc(N)nc5[nH]cnc45)cc3)(COCCC(=O)NCCOCCOCCOCCOC)COCCC(=O)NCCOCCOCCOCCOCCOCCOCCOCCOC)c(=O)oc2c1. The third-order valence-corrected chi connectivity index (χ3v) is 19.8. The van der Waals surface area contributed by atoms with Crippen LogP contribution in [-0.4, -0.2) is 439 Å². The molecule has 0 fully saturated rings. The van der Waals surface area contributed by atoms with E-state index in [0.717, 1.165) is 29.9 Å². The average molecular weight is 1990 g/mol. The number of nitrogen functional groups attached to an aromatic ring is 1. The Hall–Kier alpha value is -7.73. The van der Waals surface area contributed by atoms with Gasteiger partial charge in [0.1, 0.15) is 34.9 Å². The predicted molar refractivity (Wildman–Crippen MR) is 509 cm³/mol. The number of hydrogen-bond acceptors (Lipinski definition) is 40. The molecule has 3 amide bonds. The van der Waals surface area contributed by atoms with Crippen LogP contribution in [-0.2, 0) is 160 Å². The molecular weight excluding hydrogens is 1830 g/mol. The van der Waals surface area contributed by atoms with Crippen LogP contribution in [0.25, 0.3) is 22.1 Å². The van der Waals surface area contributed by atoms with Crippen molar-refractivity contribution in [1.29, 1.82) is 0 Å². The quantitative estimate of drug-likeness (QED) is 0.0271. The zero-order valence-electron chi connectivity index (χ0n) is 82.3. The number of ketones is 2. The van der Waals surface area contributed by atoms with E-state index in [0.29, 0.717) is 339 Å². The second kappa shape index (κ2) is 85.8. The van der Waals surface area contributed by atoms with Crippen molar-refractivity contribution in [2.75, 3.05) is 395 Å². The maximum Gasteiger partial charge on any atom is 0.349 e. The molecule has 0 aliphatic heterocycles. The van der Waals surface area contributed by atoms with E-state index in [2.05, 4.69) is 40.8 Å². The number of carbonyl (C=O) groups excluding carboxylic acids is 5. The topological polar surface area (TPSA) is 494 Å². The molecule has 3 aromatic heterocycles. The summed E-state index contributed by atoms with van der Waals surface area (Å²) in [6.07, 6.45) is 3.46. The van der Waals surface area contributed by atoms with Crippen LogP contribution in [0.2, 0.25) is 0 Å². The van der Waals surface area contributed by atoms with Crippen molar-refractivity contribution in [3.8, 4) is 5.88 Å². The number of imidazole rings is 1. The van der Waals surface area contributed by atoms with Gasteiger partial charge >= 0.3 is 5.63 Å². The Morgan fingerprint density at radius 2 is 0.734 bits per heavy atom. The van der Waals surface area contributed by atoms with Gasteiger partial charge in [0, 0.05) is 103 Å². The number of benzene rings is 2. The number of hydrogen-bond donors (Lipinski definition) is 5. The largest absolute Gasteiger partial charge is 0.471 e. The van der Waals surface area contributed by atoms with Crippen molar-refractivity contribution < 1.29 is 161 Å². The number of aryl methyl sites for hydroxylation is 1. The third-order valence-electron chi connectivity index (χ3n) is 19.8. The zero-order valence-corrected chi connectivity index (χ0v) is 82.3. The molecule has 0 aliphatic rings. The highest BCUT2D eigenvalue weighted by molar-refractivity contribution is 5.97. The lowest BCUT2D eigenvalue weighted by Gasteiger charge is -2.34. The molecular formula is C95H157N9O35. The van der Waals surface area contributed by atoms with Gasteiger partial charge in [0.05, 0.1) is 343 Å². The summed E-state index contributed by atoms with van der Waals surface area (Å²) in [6.45, 7) is 23.7. The van der Waals surface area contributed by atoms with Crippen molar-refractivity contribution in [3.05, 3.63) is 82.0 Å². The van der Waals surface area contributed by atoms with Gasteiger partial charge < -0.3 is 169 Å². The van der Waals surface area contributed by atoms with Gasteiger partial charge in [-0.2, -0.15) is 9.97 Å². The second-order valence-corrected chi connectivity index (χ2v) is 30.7. The molecule has 3 heterocycles. The Bertz CT molecular complexity index is 3890. The Morgan fingerprint density at radius 1 is 0.388 bits per heavy atom. The van der Waals surface area contributed by atoms with E-state index in [1.807, 2.05) is 44.2 Å². The minimum atomic E-state index is -1.56. The lowest BCUT2D eigenvalue weighted by Crippen LogP contribution is -2.59. The van der Waals surface area contributed by atoms with Crippen molar-refractivity contribution in [3.63, 3.8) is 0 Å². The Balaban J connectivity index is 0.856. The number of nitrogens with two attached hydrogens (primary N) is 1. The van der Waals surface area contributed by atoms with Gasteiger partial charge in [-0.3, -0.25) is 24.0 Å². The minimum Gasteiger partial charge on any atom is -0.471 e. The van der Waals surface area contributed by atoms with Crippen LogP contribution < -0.4 is 36.9 Å². The molecule has 44 heteroatoms. The number of rotatable bonds is 102. The number of carbonyl (C=O) groups is 5. The van der Waals surface area contributed by atoms with Gasteiger partial charge in [0.2, 0.25) is 23.6 Å². The smallest absolute Gasteiger partial charge is 0.349 e. The van der Waals surface area contributed by atoms with Crippen LogP contribution in [0.15, 0.2) is 64.1 Å². The lowest BCUT2D eigenvalue weighted by molar-refractivity contribution is -0.123. The van der Waals surface area contributed by atoms with Gasteiger partial charge in [0.25, 0.3) is 5.91 Å². The lowest BCUT2D eigenvalue weighted by atomic mass is 10.0. The molecule has 0 radical (unpaired) electrons. The monoisotopic (exact) mass is 1980 g/mol. The molecule has 0 spiro atoms. The summed E-state index contributed by atoms with van der Waals surface area (Å²) in [6, 6.07) is 14.7. The number of aromatic amines is 1. The Kier molecular flexibility index (Phi) is 75.2. The molecule has 2 aromatic carbocycles. The molecule has 1 atom stereocenters. The van der Waals surface area contributed by atoms with Crippen molar-refractivity contribution in [2.45, 2.75) is 77.4 Å². The van der Waals surface area contributed by atoms with Gasteiger partial charge in [0.15, 0.2) is 11.2 Å². The third kappa shape index (κ3) is 64.5. The van der Waals surface area contributed by atoms with Gasteiger partial charge in [-0.1, -0.05) is 24.3 Å². The number of Topliss-reactive ketones (excluding diaryl/α,β-unsaturated/α-hetero) is 2. The zero-order chi connectivity index (χ0) is 99.1. The highest BCUT2D eigenvalue weighted by Crippen LogP contribution is 2.24. The molecule has 5 rings (SSSR count). The Morgan fingerprint density at radius 3 is 1.12 bits per heavy atom. The number of nitrogens with zero attached hydrogens (tertiary/aromatic N) is 4. The van der Waals surface area contributed by atoms with E-state index in [1.54, 1.807) is 26.4 Å². The first-order valence-electron chi connectivity index (χ1n) is 48.2. The average Bonchev–Trinajstić information content (AvgIpc) is 1.30. The summed E-state index contributed by atoms with van der Waals surface area (Å²) in [5.74, 6) is -1.03. The van der Waals surface area contributed by atoms with Crippen LogP contribution in [0.4, 0.5) is 11.6 Å². The van der Waals surface area contributed by atoms with Crippen molar-refractivity contribution in [1.82, 2.24) is 35.9 Å². The van der Waals surface area contributed by atoms with Crippen LogP contribution >= 0.6 is 0 Å². The van der Waals surface area contributed by atoms with Crippen LogP contribution in [0.1, 0.15) is 80.3 Å². The molecule has 0 bridgehead atoms. The fourth-order valence-electron chi connectivity index (χ4n) is 12.3.